The van der Waals surface area contributed by atoms with Gasteiger partial charge in [-0.2, -0.15) is 13.2 Å². The number of aromatic nitrogens is 9. The number of benzene rings is 4. The fourth-order valence-electron chi connectivity index (χ4n) is 15.7. The van der Waals surface area contributed by atoms with E-state index in [1.165, 1.54) is 56.8 Å². The van der Waals surface area contributed by atoms with E-state index in [4.69, 9.17) is 76.2 Å². The highest BCUT2D eigenvalue weighted by Gasteiger charge is 2.47. The zero-order valence-corrected chi connectivity index (χ0v) is 70.4. The molecule has 4 fully saturated rings. The van der Waals surface area contributed by atoms with Gasteiger partial charge in [0.1, 0.15) is 85.4 Å². The number of hydrogen-bond donors (Lipinski definition) is 6. The summed E-state index contributed by atoms with van der Waals surface area (Å²) in [6, 6.07) is 8.12. The Morgan fingerprint density at radius 3 is 1.31 bits per heavy atom. The van der Waals surface area contributed by atoms with Gasteiger partial charge in [-0.05, 0) is 168 Å². The molecule has 3 saturated carbocycles. The predicted molar refractivity (Wildman–Crippen MR) is 442 cm³/mol. The molecular formula is C85H102Cl3F6N17O6. The quantitative estimate of drug-likeness (QED) is 0.0324. The molecule has 3 amide bonds. The summed E-state index contributed by atoms with van der Waals surface area (Å²) in [6.07, 6.45) is 12.7. The van der Waals surface area contributed by atoms with Crippen LogP contribution in [0.3, 0.4) is 0 Å². The summed E-state index contributed by atoms with van der Waals surface area (Å²) in [6.45, 7) is 31.8. The second-order valence-electron chi connectivity index (χ2n) is 32.3. The van der Waals surface area contributed by atoms with Gasteiger partial charge < -0.3 is 52.3 Å². The minimum absolute atomic E-state index is 0.000723. The van der Waals surface area contributed by atoms with Crippen molar-refractivity contribution in [2.45, 2.75) is 208 Å². The molecule has 7 heterocycles. The van der Waals surface area contributed by atoms with Crippen molar-refractivity contribution >= 4 is 86.5 Å². The molecule has 1 aliphatic heterocycles. The zero-order valence-electron chi connectivity index (χ0n) is 68.2. The molecule has 0 spiro atoms. The number of carbonyl (C=O) groups excluding carboxylic acids is 3. The third kappa shape index (κ3) is 19.1. The van der Waals surface area contributed by atoms with Crippen molar-refractivity contribution < 1.29 is 54.9 Å². The number of imidazole rings is 3. The van der Waals surface area contributed by atoms with E-state index in [0.717, 1.165) is 101 Å². The van der Waals surface area contributed by atoms with E-state index in [-0.39, 0.29) is 84.5 Å². The summed E-state index contributed by atoms with van der Waals surface area (Å²) < 4.78 is 110. The molecule has 14 rings (SSSR count). The van der Waals surface area contributed by atoms with E-state index in [1.807, 2.05) is 64.2 Å². The van der Waals surface area contributed by atoms with Crippen LogP contribution >= 0.6 is 34.8 Å². The molecule has 117 heavy (non-hydrogen) atoms. The summed E-state index contributed by atoms with van der Waals surface area (Å²) in [5, 5.41) is 8.21. The standard InChI is InChI=1S/C31H41ClFN7O2.C28H28ClF4N5O2.C26H33ClFN5O2/c1-18(2)42-27-22(19(3)29-36-20(4)26-28(34)35-9-10-40(26)29)15-23(32)25(33)24(27)30(41)37-31(7-8-31)17-39-13-11-38(12-14-39)16-21-5-6-21;1-13(2)40-24-19(14(3)26-36-16(5)23-25(34)35-9-10-38(23)26)12-20(29)22(30)21(24)27(39)37-15(4)17-7-6-8-18(11-17)28(31,32)33;1-13(2)35-23-18(15(4)25-31-16(5)22-24(29)30-10-11-33(22)25)12-19(27)21(28)20(23)26(34)32-17-8-6-14(3)7-9-17/h9-10,15,18-19,21H,5-8,11-14,16-17H2,1-4H3,(H2,34,35)(H,37,41);6-15H,1-5H3,(H2,34,35)(H,37,39);10-15,17H,6-9H2,1-5H3,(H2,29,30)(H,32,34). The zero-order chi connectivity index (χ0) is 84.7. The van der Waals surface area contributed by atoms with Crippen molar-refractivity contribution in [2.24, 2.45) is 11.8 Å². The number of alkyl halides is 3. The molecule has 4 atom stereocenters. The number of hydrogen-bond acceptors (Lipinski definition) is 17. The van der Waals surface area contributed by atoms with Crippen LogP contribution in [0, 0.1) is 50.1 Å². The van der Waals surface area contributed by atoms with Crippen LogP contribution in [-0.2, 0) is 6.18 Å². The normalized spacial score (nSPS) is 17.5. The van der Waals surface area contributed by atoms with E-state index < -0.39 is 76.5 Å². The van der Waals surface area contributed by atoms with Gasteiger partial charge in [-0.3, -0.25) is 32.5 Å². The lowest BCUT2D eigenvalue weighted by Crippen LogP contribution is -2.53. The molecule has 23 nitrogen and oxygen atoms in total. The van der Waals surface area contributed by atoms with Gasteiger partial charge in [0.15, 0.2) is 17.5 Å². The number of ether oxygens (including phenoxy) is 3. The molecule has 0 radical (unpaired) electrons. The van der Waals surface area contributed by atoms with Crippen molar-refractivity contribution in [3.05, 3.63) is 191 Å². The summed E-state index contributed by atoms with van der Waals surface area (Å²) in [4.78, 5) is 72.4. The molecule has 4 unspecified atom stereocenters. The molecule has 626 valence electrons. The van der Waals surface area contributed by atoms with Crippen LogP contribution in [0.25, 0.3) is 16.6 Å². The number of rotatable bonds is 23. The lowest BCUT2D eigenvalue weighted by molar-refractivity contribution is -0.137. The number of fused-ring (bicyclic) bond motifs is 3. The molecule has 9 N–H and O–H groups in total. The number of amides is 3. The molecule has 4 aromatic carbocycles. The van der Waals surface area contributed by atoms with Crippen LogP contribution in [0.2, 0.25) is 15.1 Å². The first-order valence-corrected chi connectivity index (χ1v) is 40.9. The number of halogens is 9. The van der Waals surface area contributed by atoms with E-state index in [9.17, 15) is 27.6 Å². The monoisotopic (exact) mass is 1680 g/mol. The van der Waals surface area contributed by atoms with Crippen molar-refractivity contribution in [1.29, 1.82) is 0 Å². The fourth-order valence-corrected chi connectivity index (χ4v) is 16.3. The van der Waals surface area contributed by atoms with Gasteiger partial charge in [0.25, 0.3) is 17.7 Å². The van der Waals surface area contributed by atoms with Crippen molar-refractivity contribution in [3.63, 3.8) is 0 Å². The molecule has 1 saturated heterocycles. The Morgan fingerprint density at radius 1 is 0.547 bits per heavy atom. The average Bonchev–Trinajstić information content (AvgIpc) is 1.70. The van der Waals surface area contributed by atoms with Crippen LogP contribution in [0.5, 0.6) is 17.2 Å². The summed E-state index contributed by atoms with van der Waals surface area (Å²) in [7, 11) is 0. The Morgan fingerprint density at radius 2 is 0.932 bits per heavy atom. The van der Waals surface area contributed by atoms with E-state index in [0.29, 0.717) is 74.0 Å². The van der Waals surface area contributed by atoms with Crippen LogP contribution in [0.15, 0.2) is 79.6 Å². The summed E-state index contributed by atoms with van der Waals surface area (Å²) in [5.41, 5.74) is 22.1. The van der Waals surface area contributed by atoms with E-state index >= 15 is 13.2 Å². The van der Waals surface area contributed by atoms with Gasteiger partial charge in [0, 0.05) is 117 Å². The second-order valence-corrected chi connectivity index (χ2v) is 33.5. The largest absolute Gasteiger partial charge is 0.490 e. The maximum atomic E-state index is 15.8. The summed E-state index contributed by atoms with van der Waals surface area (Å²) in [5.74, 6) is -1.07. The Hall–Kier alpha value is -9.68. The minimum Gasteiger partial charge on any atom is -0.490 e. The first kappa shape index (κ1) is 86.7. The van der Waals surface area contributed by atoms with Crippen LogP contribution in [0.4, 0.5) is 43.8 Å². The maximum Gasteiger partial charge on any atom is 0.416 e. The van der Waals surface area contributed by atoms with Crippen molar-refractivity contribution in [1.82, 2.24) is 68.9 Å². The molecular weight excluding hydrogens is 1580 g/mol. The Labute approximate surface area is 691 Å². The van der Waals surface area contributed by atoms with Gasteiger partial charge in [-0.1, -0.05) is 74.6 Å². The molecule has 6 aromatic heterocycles. The van der Waals surface area contributed by atoms with Gasteiger partial charge >= 0.3 is 6.18 Å². The van der Waals surface area contributed by atoms with Crippen LogP contribution in [-0.4, -0.2) is 140 Å². The molecule has 0 bridgehead atoms. The SMILES string of the molecule is Cc1nc(C(C)c2cc(Cl)c(F)c(C(=O)NC(C)c3cccc(C(F)(F)F)c3)c2OC(C)C)n2ccnc(N)c12.Cc1nc(C(C)c2cc(Cl)c(F)c(C(=O)NC3(CN4CCN(CC5CC5)CC4)CC3)c2OC(C)C)n2ccnc(N)c12.Cc1nc(C(C)c2cc(Cl)c(F)c(C(=O)NC3CCC(C)CC3)c2OC(C)C)n2ccnc(N)c12. The highest BCUT2D eigenvalue weighted by molar-refractivity contribution is 6.32. The minimum atomic E-state index is -4.56. The number of piperazine rings is 1. The Kier molecular flexibility index (Phi) is 26.3. The molecule has 10 aromatic rings. The molecule has 4 aliphatic rings. The Balaban J connectivity index is 0.000000162. The van der Waals surface area contributed by atoms with Gasteiger partial charge in [-0.15, -0.1) is 0 Å². The van der Waals surface area contributed by atoms with Crippen LogP contribution in [0.1, 0.15) is 245 Å². The fraction of sp³-hybridized carbons (Fsp3) is 0.471. The predicted octanol–water partition coefficient (Wildman–Crippen LogP) is 17.2. The average molecular weight is 1680 g/mol. The van der Waals surface area contributed by atoms with Gasteiger partial charge in [0.2, 0.25) is 0 Å². The number of carbonyl (C=O) groups is 3. The van der Waals surface area contributed by atoms with E-state index in [1.54, 1.807) is 69.1 Å². The third-order valence-corrected chi connectivity index (χ3v) is 22.9. The first-order chi connectivity index (χ1) is 55.3. The van der Waals surface area contributed by atoms with Gasteiger partial charge in [0.05, 0.1) is 67.6 Å². The number of aryl methyl sites for hydroxylation is 3. The Bertz CT molecular complexity index is 5360. The van der Waals surface area contributed by atoms with Crippen molar-refractivity contribution in [3.8, 4) is 17.2 Å². The second kappa shape index (κ2) is 35.5. The number of nitrogens with zero attached hydrogens (tertiary/aromatic N) is 11. The highest BCUT2D eigenvalue weighted by Crippen LogP contribution is 2.46. The first-order valence-electron chi connectivity index (χ1n) is 39.7. The van der Waals surface area contributed by atoms with Gasteiger partial charge in [-0.25, -0.2) is 43.1 Å². The molecule has 3 aliphatic carbocycles. The third-order valence-electron chi connectivity index (χ3n) is 22.1. The topological polar surface area (TPSA) is 290 Å². The highest BCUT2D eigenvalue weighted by atomic mass is 35.5. The number of nitrogen functional groups attached to an aromatic ring is 3. The van der Waals surface area contributed by atoms with E-state index in [2.05, 4.69) is 52.6 Å². The van der Waals surface area contributed by atoms with Crippen molar-refractivity contribution in [2.75, 3.05) is 56.5 Å². The van der Waals surface area contributed by atoms with Crippen LogP contribution < -0.4 is 47.4 Å². The summed E-state index contributed by atoms with van der Waals surface area (Å²) >= 11 is 19.1. The maximum absolute atomic E-state index is 15.8. The number of anilines is 3. The number of nitrogens with one attached hydrogen (secondary N) is 3. The smallest absolute Gasteiger partial charge is 0.416 e. The lowest BCUT2D eigenvalue weighted by atomic mass is 9.87. The molecule has 32 heteroatoms. The number of nitrogens with two attached hydrogens (primary N) is 3. The lowest BCUT2D eigenvalue weighted by Gasteiger charge is -2.37.